The summed E-state index contributed by atoms with van der Waals surface area (Å²) in [6.45, 7) is 7.17. The van der Waals surface area contributed by atoms with E-state index in [9.17, 15) is 19.5 Å². The number of nitrogens with zero attached hydrogens (tertiary/aromatic N) is 3. The van der Waals surface area contributed by atoms with Gasteiger partial charge in [-0.2, -0.15) is 0 Å². The van der Waals surface area contributed by atoms with E-state index < -0.39 is 25.7 Å². The molecule has 0 bridgehead atoms. The van der Waals surface area contributed by atoms with Crippen LogP contribution in [0.4, 0.5) is 17.1 Å². The van der Waals surface area contributed by atoms with E-state index in [1.807, 2.05) is 84.9 Å². The van der Waals surface area contributed by atoms with Gasteiger partial charge in [-0.3, -0.25) is 24.1 Å². The number of anilines is 3. The van der Waals surface area contributed by atoms with Crippen molar-refractivity contribution in [2.24, 2.45) is 5.92 Å². The van der Waals surface area contributed by atoms with Gasteiger partial charge in [0.1, 0.15) is 5.75 Å². The van der Waals surface area contributed by atoms with E-state index in [0.29, 0.717) is 55.0 Å². The number of esters is 1. The number of rotatable bonds is 14. The largest absolute Gasteiger partial charge is 0.497 e. The summed E-state index contributed by atoms with van der Waals surface area (Å²) < 4.78 is 17.7. The number of amides is 3. The zero-order valence-electron chi connectivity index (χ0n) is 33.9. The van der Waals surface area contributed by atoms with Gasteiger partial charge in [0.05, 0.1) is 53.2 Å². The second kappa shape index (κ2) is 16.9. The number of carbonyl (C=O) groups excluding carboxylic acids is 4. The number of hydrogen-bond acceptors (Lipinski definition) is 8. The minimum Gasteiger partial charge on any atom is -0.497 e. The van der Waals surface area contributed by atoms with Gasteiger partial charge >= 0.3 is 5.97 Å². The van der Waals surface area contributed by atoms with Crippen LogP contribution in [-0.4, -0.2) is 81.8 Å². The lowest BCUT2D eigenvalue weighted by atomic mass is 9.82. The van der Waals surface area contributed by atoms with Crippen LogP contribution in [0.1, 0.15) is 49.3 Å². The number of carbonyl (C=O) groups is 4. The third kappa shape index (κ3) is 7.33. The summed E-state index contributed by atoms with van der Waals surface area (Å²) in [7, 11) is 0.394. The zero-order valence-corrected chi connectivity index (χ0v) is 34.9. The number of methoxy groups -OCH3 is 2. The maximum absolute atomic E-state index is 15.4. The van der Waals surface area contributed by atoms with E-state index in [-0.39, 0.29) is 48.8 Å². The van der Waals surface area contributed by atoms with E-state index in [0.717, 1.165) is 28.5 Å². The first kappa shape index (κ1) is 40.9. The van der Waals surface area contributed by atoms with E-state index >= 15 is 4.79 Å². The van der Waals surface area contributed by atoms with Crippen molar-refractivity contribution in [1.29, 1.82) is 0 Å². The van der Waals surface area contributed by atoms with Crippen LogP contribution in [0, 0.1) is 5.92 Å². The number of unbranched alkanes of at least 4 members (excludes halogenated alkanes) is 1. The summed E-state index contributed by atoms with van der Waals surface area (Å²) >= 11 is 0. The monoisotopic (exact) mass is 803 g/mol. The molecule has 304 valence electrons. The van der Waals surface area contributed by atoms with Gasteiger partial charge in [-0.1, -0.05) is 79.8 Å². The molecule has 58 heavy (non-hydrogen) atoms. The summed E-state index contributed by atoms with van der Waals surface area (Å²) in [6.07, 6.45) is 2.00. The number of hydrogen-bond donors (Lipinski definition) is 1. The molecular formula is C46H53N3O8Si. The summed E-state index contributed by atoms with van der Waals surface area (Å²) in [4.78, 5) is 59.8. The standard InChI is InChI=1S/C46H53N3O8Si/c1-31-44(58(4,5)38-21-19-37(55-2)20-22-38)41(27-42(52)48-28-33-14-10-9-13-32(33)25-36(48)29-50)57-46(31)39-26-35(49(30-51)34-15-7-6-8-16-34)18-23-40(39)47(45(46)54)24-12-11-17-43(53)56-3/h6-10,13-16,18-23,26,30-31,36,41,44,50H,11-12,17,24-25,27-29H2,1-5H3/t31-,36-,41+,44-,46+/m0/s1. The normalized spacial score (nSPS) is 22.4. The molecule has 3 aliphatic heterocycles. The van der Waals surface area contributed by atoms with Gasteiger partial charge < -0.3 is 29.1 Å². The van der Waals surface area contributed by atoms with Gasteiger partial charge in [0, 0.05) is 42.4 Å². The Labute approximate surface area is 341 Å². The topological polar surface area (TPSA) is 126 Å². The van der Waals surface area contributed by atoms with Crippen molar-refractivity contribution in [2.45, 2.75) is 82.0 Å². The van der Waals surface area contributed by atoms with E-state index in [1.165, 1.54) is 7.11 Å². The molecule has 3 amide bonds. The molecule has 12 heteroatoms. The van der Waals surface area contributed by atoms with Crippen molar-refractivity contribution in [3.05, 3.63) is 114 Å². The lowest BCUT2D eigenvalue weighted by Crippen LogP contribution is -2.52. The average Bonchev–Trinajstić information content (AvgIpc) is 3.67. The third-order valence-corrected chi connectivity index (χ3v) is 17.1. The fourth-order valence-corrected chi connectivity index (χ4v) is 13.7. The number of aliphatic hydroxyl groups is 1. The van der Waals surface area contributed by atoms with Crippen LogP contribution in [0.15, 0.2) is 97.1 Å². The average molecular weight is 804 g/mol. The van der Waals surface area contributed by atoms with Crippen LogP contribution < -0.4 is 19.7 Å². The molecule has 0 unspecified atom stereocenters. The molecule has 1 spiro atoms. The van der Waals surface area contributed by atoms with Crippen molar-refractivity contribution >= 4 is 54.5 Å². The van der Waals surface area contributed by atoms with E-state index in [1.54, 1.807) is 21.8 Å². The lowest BCUT2D eigenvalue weighted by Gasteiger charge is -2.39. The molecule has 4 aromatic rings. The van der Waals surface area contributed by atoms with Gasteiger partial charge in [0.2, 0.25) is 12.3 Å². The smallest absolute Gasteiger partial charge is 0.305 e. The minimum atomic E-state index is -2.61. The molecule has 7 rings (SSSR count). The summed E-state index contributed by atoms with van der Waals surface area (Å²) in [6, 6.07) is 30.6. The summed E-state index contributed by atoms with van der Waals surface area (Å²) in [5.74, 6) is -0.322. The molecule has 0 aliphatic carbocycles. The molecule has 0 radical (unpaired) electrons. The minimum absolute atomic E-state index is 0.0217. The highest BCUT2D eigenvalue weighted by atomic mass is 28.3. The number of fused-ring (bicyclic) bond motifs is 3. The van der Waals surface area contributed by atoms with Gasteiger partial charge in [-0.25, -0.2) is 0 Å². The molecular weight excluding hydrogens is 751 g/mol. The Hall–Kier alpha value is -5.30. The highest BCUT2D eigenvalue weighted by Crippen LogP contribution is 2.60. The highest BCUT2D eigenvalue weighted by Gasteiger charge is 2.66. The summed E-state index contributed by atoms with van der Waals surface area (Å²) in [5.41, 5.74) is 3.06. The molecule has 4 aromatic carbocycles. The first-order valence-corrected chi connectivity index (χ1v) is 23.2. The third-order valence-electron chi connectivity index (χ3n) is 12.7. The second-order valence-electron chi connectivity index (χ2n) is 16.2. The van der Waals surface area contributed by atoms with Crippen LogP contribution >= 0.6 is 0 Å². The maximum atomic E-state index is 15.4. The van der Waals surface area contributed by atoms with Crippen molar-refractivity contribution in [1.82, 2.24) is 4.90 Å². The quantitative estimate of drug-likeness (QED) is 0.0689. The van der Waals surface area contributed by atoms with Crippen LogP contribution in [0.25, 0.3) is 0 Å². The fraction of sp³-hybridized carbons (Fsp3) is 0.391. The van der Waals surface area contributed by atoms with Crippen LogP contribution in [-0.2, 0) is 47.2 Å². The molecule has 3 aliphatic rings. The van der Waals surface area contributed by atoms with Crippen molar-refractivity contribution in [3.8, 4) is 5.75 Å². The second-order valence-corrected chi connectivity index (χ2v) is 20.9. The predicted molar refractivity (Wildman–Crippen MR) is 225 cm³/mol. The Kier molecular flexibility index (Phi) is 11.9. The first-order valence-electron chi connectivity index (χ1n) is 20.1. The fourth-order valence-electron chi connectivity index (χ4n) is 9.71. The Morgan fingerprint density at radius 1 is 0.948 bits per heavy atom. The zero-order chi connectivity index (χ0) is 41.2. The molecule has 1 N–H and O–H groups in total. The van der Waals surface area contributed by atoms with Crippen LogP contribution in [0.3, 0.4) is 0 Å². The molecule has 0 aromatic heterocycles. The van der Waals surface area contributed by atoms with Gasteiger partial charge in [0.25, 0.3) is 5.91 Å². The molecule has 1 saturated heterocycles. The van der Waals surface area contributed by atoms with Crippen molar-refractivity contribution in [2.75, 3.05) is 37.2 Å². The Bertz CT molecular complexity index is 2150. The number of benzene rings is 4. The molecule has 11 nitrogen and oxygen atoms in total. The van der Waals surface area contributed by atoms with E-state index in [2.05, 4.69) is 32.2 Å². The lowest BCUT2D eigenvalue weighted by molar-refractivity contribution is -0.151. The van der Waals surface area contributed by atoms with Crippen LogP contribution in [0.5, 0.6) is 5.75 Å². The maximum Gasteiger partial charge on any atom is 0.305 e. The number of ether oxygens (including phenoxy) is 3. The number of aliphatic hydroxyl groups excluding tert-OH is 1. The molecule has 1 fully saturated rings. The van der Waals surface area contributed by atoms with Crippen LogP contribution in [0.2, 0.25) is 18.6 Å². The SMILES string of the molecule is COC(=O)CCCCN1C(=O)[C@]2(O[C@H](CC(=O)N3Cc4ccccc4C[C@H]3CO)[C@@H]([Si](C)(C)c3ccc(OC)cc3)[C@@H]2C)c2cc(N(C=O)c3ccccc3)ccc21. The Morgan fingerprint density at radius 2 is 1.66 bits per heavy atom. The van der Waals surface area contributed by atoms with Gasteiger partial charge in [-0.05, 0) is 78.4 Å². The van der Waals surface area contributed by atoms with Crippen molar-refractivity contribution < 1.29 is 38.5 Å². The van der Waals surface area contributed by atoms with Crippen molar-refractivity contribution in [3.63, 3.8) is 0 Å². The highest BCUT2D eigenvalue weighted by molar-refractivity contribution is 6.91. The van der Waals surface area contributed by atoms with Gasteiger partial charge in [0.15, 0.2) is 5.60 Å². The molecule has 0 saturated carbocycles. The first-order chi connectivity index (χ1) is 28.0. The predicted octanol–water partition coefficient (Wildman–Crippen LogP) is 6.23. The Balaban J connectivity index is 1.32. The molecule has 5 atom stereocenters. The Morgan fingerprint density at radius 3 is 2.33 bits per heavy atom. The number of para-hydroxylation sites is 1. The summed E-state index contributed by atoms with van der Waals surface area (Å²) in [5, 5.41) is 11.7. The molecule has 3 heterocycles. The van der Waals surface area contributed by atoms with E-state index in [4.69, 9.17) is 14.2 Å². The van der Waals surface area contributed by atoms with Gasteiger partial charge in [-0.15, -0.1) is 0 Å².